The summed E-state index contributed by atoms with van der Waals surface area (Å²) in [5.74, 6) is -1.94. The third kappa shape index (κ3) is 9.11. The first-order valence-electron chi connectivity index (χ1n) is 4.70. The van der Waals surface area contributed by atoms with Crippen molar-refractivity contribution in [2.24, 2.45) is 10.8 Å². The first kappa shape index (κ1) is 21.6. The Morgan fingerprint density at radius 3 is 1.00 bits per heavy atom. The van der Waals surface area contributed by atoms with Crippen LogP contribution in [0.15, 0.2) is 0 Å². The summed E-state index contributed by atoms with van der Waals surface area (Å²) in [5.41, 5.74) is -1.97. The summed E-state index contributed by atoms with van der Waals surface area (Å²) < 4.78 is 0. The van der Waals surface area contributed by atoms with E-state index in [9.17, 15) is 9.59 Å². The molecule has 0 spiro atoms. The van der Waals surface area contributed by atoms with Crippen LogP contribution in [0.3, 0.4) is 0 Å². The second-order valence-corrected chi connectivity index (χ2v) is 4.69. The number of rotatable bonds is 4. The molecular formula is C10H20CuO6. The van der Waals surface area contributed by atoms with Crippen LogP contribution in [-0.2, 0) is 26.7 Å². The monoisotopic (exact) mass is 299 g/mol. The van der Waals surface area contributed by atoms with Crippen LogP contribution in [0.2, 0.25) is 0 Å². The average Bonchev–Trinajstić information content (AvgIpc) is 2.18. The Morgan fingerprint density at radius 1 is 0.824 bits per heavy atom. The smallest absolute Gasteiger partial charge is 0.311 e. The molecule has 0 fully saturated rings. The standard InChI is InChI=1S/2C5H10O3.Cu/c2*1-5(2,3-6)4(7)8;/h2*6H,3H2,1-2H3,(H,7,8);. The molecule has 4 N–H and O–H groups in total. The zero-order chi connectivity index (χ0) is 13.6. The third-order valence-corrected chi connectivity index (χ3v) is 1.95. The number of aliphatic hydroxyl groups is 2. The van der Waals surface area contributed by atoms with Gasteiger partial charge in [0.15, 0.2) is 0 Å². The summed E-state index contributed by atoms with van der Waals surface area (Å²) in [4.78, 5) is 20.2. The molecule has 0 atom stereocenters. The van der Waals surface area contributed by atoms with Crippen molar-refractivity contribution < 1.29 is 47.1 Å². The Balaban J connectivity index is -0.000000218. The predicted molar refractivity (Wildman–Crippen MR) is 57.0 cm³/mol. The molecule has 0 unspecified atom stereocenters. The molecule has 0 bridgehead atoms. The van der Waals surface area contributed by atoms with Crippen molar-refractivity contribution in [3.05, 3.63) is 0 Å². The van der Waals surface area contributed by atoms with Crippen LogP contribution in [0.4, 0.5) is 0 Å². The second-order valence-electron chi connectivity index (χ2n) is 4.69. The van der Waals surface area contributed by atoms with Gasteiger partial charge >= 0.3 is 11.9 Å². The summed E-state index contributed by atoms with van der Waals surface area (Å²) in [6.07, 6.45) is 0. The van der Waals surface area contributed by atoms with Gasteiger partial charge in [-0.2, -0.15) is 0 Å². The molecule has 0 amide bonds. The molecular weight excluding hydrogens is 280 g/mol. The number of aliphatic hydroxyl groups excluding tert-OH is 2. The van der Waals surface area contributed by atoms with E-state index in [1.54, 1.807) is 0 Å². The average molecular weight is 300 g/mol. The molecule has 0 aromatic rings. The van der Waals surface area contributed by atoms with Gasteiger partial charge in [-0.15, -0.1) is 0 Å². The van der Waals surface area contributed by atoms with Gasteiger partial charge in [-0.1, -0.05) is 0 Å². The molecule has 6 nitrogen and oxygen atoms in total. The molecule has 1 radical (unpaired) electrons. The fourth-order valence-electron chi connectivity index (χ4n) is 0.135. The second kappa shape index (κ2) is 8.47. The van der Waals surface area contributed by atoms with Crippen LogP contribution in [0, 0.1) is 10.8 Å². The van der Waals surface area contributed by atoms with Crippen molar-refractivity contribution in [3.63, 3.8) is 0 Å². The van der Waals surface area contributed by atoms with Crippen LogP contribution < -0.4 is 0 Å². The number of carboxylic acids is 2. The SMILES string of the molecule is CC(C)(CO)C(=O)O.CC(C)(CO)C(=O)O.[Cu]. The molecule has 0 saturated carbocycles. The van der Waals surface area contributed by atoms with Crippen LogP contribution in [0.5, 0.6) is 0 Å². The maximum Gasteiger partial charge on any atom is 0.311 e. The van der Waals surface area contributed by atoms with Gasteiger partial charge in [0.25, 0.3) is 0 Å². The molecule has 17 heavy (non-hydrogen) atoms. The fourth-order valence-corrected chi connectivity index (χ4v) is 0.135. The Morgan fingerprint density at radius 2 is 1.00 bits per heavy atom. The van der Waals surface area contributed by atoms with Crippen LogP contribution in [-0.4, -0.2) is 45.6 Å². The van der Waals surface area contributed by atoms with Crippen molar-refractivity contribution in [2.75, 3.05) is 13.2 Å². The van der Waals surface area contributed by atoms with Gasteiger partial charge in [-0.3, -0.25) is 9.59 Å². The summed E-state index contributed by atoms with van der Waals surface area (Å²) in [6, 6.07) is 0. The van der Waals surface area contributed by atoms with Gasteiger partial charge in [0.05, 0.1) is 24.0 Å². The van der Waals surface area contributed by atoms with E-state index in [1.807, 2.05) is 0 Å². The first-order chi connectivity index (χ1) is 7.01. The summed E-state index contributed by atoms with van der Waals surface area (Å²) in [7, 11) is 0. The van der Waals surface area contributed by atoms with E-state index < -0.39 is 22.8 Å². The minimum atomic E-state index is -0.986. The van der Waals surface area contributed by atoms with E-state index in [0.29, 0.717) is 0 Å². The van der Waals surface area contributed by atoms with Gasteiger partial charge in [0.1, 0.15) is 0 Å². The fraction of sp³-hybridized carbons (Fsp3) is 0.800. The number of aliphatic carboxylic acids is 2. The van der Waals surface area contributed by atoms with E-state index >= 15 is 0 Å². The summed E-state index contributed by atoms with van der Waals surface area (Å²) in [6.45, 7) is 5.24. The normalized spacial score (nSPS) is 10.7. The van der Waals surface area contributed by atoms with Crippen molar-refractivity contribution >= 4 is 11.9 Å². The minimum absolute atomic E-state index is 0. The maximum atomic E-state index is 10.1. The van der Waals surface area contributed by atoms with E-state index in [-0.39, 0.29) is 30.3 Å². The summed E-state index contributed by atoms with van der Waals surface area (Å²) in [5, 5.41) is 33.3. The molecule has 0 aliphatic carbocycles. The molecule has 0 aliphatic rings. The molecule has 0 aromatic heterocycles. The van der Waals surface area contributed by atoms with Crippen LogP contribution >= 0.6 is 0 Å². The zero-order valence-corrected chi connectivity index (χ0v) is 11.3. The van der Waals surface area contributed by atoms with Crippen molar-refractivity contribution in [2.45, 2.75) is 27.7 Å². The molecule has 0 heterocycles. The Bertz CT molecular complexity index is 223. The quantitative estimate of drug-likeness (QED) is 0.550. The first-order valence-corrected chi connectivity index (χ1v) is 4.70. The van der Waals surface area contributed by atoms with Crippen LogP contribution in [0.25, 0.3) is 0 Å². The molecule has 107 valence electrons. The largest absolute Gasteiger partial charge is 0.481 e. The van der Waals surface area contributed by atoms with E-state index in [1.165, 1.54) is 27.7 Å². The van der Waals surface area contributed by atoms with Crippen molar-refractivity contribution in [3.8, 4) is 0 Å². The van der Waals surface area contributed by atoms with Crippen molar-refractivity contribution in [1.82, 2.24) is 0 Å². The number of hydrogen-bond acceptors (Lipinski definition) is 4. The Kier molecular flexibility index (Phi) is 10.8. The Labute approximate surface area is 111 Å². The number of hydrogen-bond donors (Lipinski definition) is 4. The van der Waals surface area contributed by atoms with Crippen LogP contribution in [0.1, 0.15) is 27.7 Å². The van der Waals surface area contributed by atoms with Crippen molar-refractivity contribution in [1.29, 1.82) is 0 Å². The number of carbonyl (C=O) groups is 2. The van der Waals surface area contributed by atoms with E-state index in [2.05, 4.69) is 0 Å². The zero-order valence-electron chi connectivity index (χ0n) is 10.3. The van der Waals surface area contributed by atoms with Gasteiger partial charge in [0, 0.05) is 17.1 Å². The van der Waals surface area contributed by atoms with Gasteiger partial charge in [-0.25, -0.2) is 0 Å². The van der Waals surface area contributed by atoms with Gasteiger partial charge in [-0.05, 0) is 27.7 Å². The van der Waals surface area contributed by atoms with Gasteiger partial charge in [0.2, 0.25) is 0 Å². The number of carboxylic acid groups (broad SMARTS) is 2. The predicted octanol–water partition coefficient (Wildman–Crippen LogP) is 0.176. The topological polar surface area (TPSA) is 115 Å². The van der Waals surface area contributed by atoms with E-state index in [0.717, 1.165) is 0 Å². The van der Waals surface area contributed by atoms with E-state index in [4.69, 9.17) is 20.4 Å². The molecule has 0 aromatic carbocycles. The summed E-state index contributed by atoms with van der Waals surface area (Å²) >= 11 is 0. The third-order valence-electron chi connectivity index (χ3n) is 1.95. The molecule has 0 saturated heterocycles. The van der Waals surface area contributed by atoms with Gasteiger partial charge < -0.3 is 20.4 Å². The Hall–Kier alpha value is -0.621. The molecule has 7 heteroatoms. The molecule has 0 aliphatic heterocycles. The minimum Gasteiger partial charge on any atom is -0.481 e. The molecule has 0 rings (SSSR count). The maximum absolute atomic E-state index is 10.1.